The minimum absolute atomic E-state index is 0.00505. The second-order valence-corrected chi connectivity index (χ2v) is 3.65. The molecule has 0 aliphatic carbocycles. The molecule has 0 saturated heterocycles. The fourth-order valence-electron chi connectivity index (χ4n) is 1.60. The molecule has 0 heterocycles. The number of carbonyl (C=O) groups is 2. The van der Waals surface area contributed by atoms with Crippen molar-refractivity contribution in [3.05, 3.63) is 34.4 Å². The highest BCUT2D eigenvalue weighted by atomic mass is 19.3. The van der Waals surface area contributed by atoms with Gasteiger partial charge in [-0.05, 0) is 24.6 Å². The summed E-state index contributed by atoms with van der Waals surface area (Å²) in [5.41, 5.74) is -0.603. The topological polar surface area (TPSA) is 67.2 Å². The Morgan fingerprint density at radius 3 is 2.68 bits per heavy atom. The molecule has 0 unspecified atom stereocenters. The molecule has 100 valence electrons. The first-order valence-corrected chi connectivity index (χ1v) is 5.49. The number of ether oxygens (including phenoxy) is 1. The van der Waals surface area contributed by atoms with Crippen molar-refractivity contribution in [2.45, 2.75) is 19.8 Å². The van der Waals surface area contributed by atoms with E-state index in [1.54, 1.807) is 13.0 Å². The number of alkyl halides is 2. The van der Waals surface area contributed by atoms with Gasteiger partial charge in [0.25, 0.3) is 6.43 Å². The number of nitriles is 1. The van der Waals surface area contributed by atoms with Gasteiger partial charge in [-0.15, -0.1) is 0 Å². The molecule has 1 aromatic rings. The third-order valence-corrected chi connectivity index (χ3v) is 2.43. The molecule has 0 radical (unpaired) electrons. The molecule has 4 nitrogen and oxygen atoms in total. The number of hydrogen-bond donors (Lipinski definition) is 0. The van der Waals surface area contributed by atoms with Crippen molar-refractivity contribution < 1.29 is 23.1 Å². The van der Waals surface area contributed by atoms with Gasteiger partial charge in [-0.1, -0.05) is 0 Å². The number of nitrogens with zero attached hydrogens (tertiary/aromatic N) is 1. The maximum atomic E-state index is 12.9. The zero-order valence-electron chi connectivity index (χ0n) is 10.2. The number of hydrogen-bond acceptors (Lipinski definition) is 4. The fraction of sp³-hybridized carbons (Fsp3) is 0.308. The first kappa shape index (κ1) is 14.8. The van der Waals surface area contributed by atoms with Crippen LogP contribution in [-0.4, -0.2) is 18.9 Å². The van der Waals surface area contributed by atoms with Crippen LogP contribution >= 0.6 is 0 Å². The van der Waals surface area contributed by atoms with Gasteiger partial charge in [0.05, 0.1) is 24.7 Å². The molecule has 0 N–H and O–H groups in total. The van der Waals surface area contributed by atoms with E-state index in [1.165, 1.54) is 0 Å². The Labute approximate surface area is 108 Å². The summed E-state index contributed by atoms with van der Waals surface area (Å²) in [6.07, 6.45) is -2.81. The van der Waals surface area contributed by atoms with Gasteiger partial charge in [-0.25, -0.2) is 8.78 Å². The van der Waals surface area contributed by atoms with Gasteiger partial charge in [0, 0.05) is 11.1 Å². The quantitative estimate of drug-likeness (QED) is 0.607. The monoisotopic (exact) mass is 267 g/mol. The Balaban J connectivity index is 3.24. The van der Waals surface area contributed by atoms with Crippen LogP contribution in [-0.2, 0) is 16.0 Å². The fourth-order valence-corrected chi connectivity index (χ4v) is 1.60. The number of aldehydes is 1. The third kappa shape index (κ3) is 3.58. The molecule has 0 atom stereocenters. The van der Waals surface area contributed by atoms with E-state index >= 15 is 0 Å². The van der Waals surface area contributed by atoms with E-state index in [9.17, 15) is 18.4 Å². The molecule has 0 fully saturated rings. The molecule has 0 aromatic heterocycles. The van der Waals surface area contributed by atoms with Crippen LogP contribution in [0.3, 0.4) is 0 Å². The van der Waals surface area contributed by atoms with Gasteiger partial charge in [0.2, 0.25) is 0 Å². The van der Waals surface area contributed by atoms with Gasteiger partial charge in [-0.2, -0.15) is 5.26 Å². The van der Waals surface area contributed by atoms with Crippen molar-refractivity contribution >= 4 is 12.3 Å². The molecule has 19 heavy (non-hydrogen) atoms. The molecule has 1 rings (SSSR count). The van der Waals surface area contributed by atoms with E-state index in [4.69, 9.17) is 5.26 Å². The molecule has 0 saturated carbocycles. The molecule has 0 amide bonds. The van der Waals surface area contributed by atoms with Gasteiger partial charge < -0.3 is 4.74 Å². The second kappa shape index (κ2) is 6.59. The average Bonchev–Trinajstić information content (AvgIpc) is 2.38. The molecular formula is C13H11F2NO3. The molecule has 0 aliphatic rings. The van der Waals surface area contributed by atoms with Crippen LogP contribution in [0.2, 0.25) is 0 Å². The van der Waals surface area contributed by atoms with Crippen molar-refractivity contribution in [1.82, 2.24) is 0 Å². The Kier molecular flexibility index (Phi) is 5.12. The maximum absolute atomic E-state index is 12.9. The molecule has 0 bridgehead atoms. The summed E-state index contributed by atoms with van der Waals surface area (Å²) in [5.74, 6) is -0.661. The summed E-state index contributed by atoms with van der Waals surface area (Å²) in [6.45, 7) is 1.74. The molecular weight excluding hydrogens is 256 g/mol. The third-order valence-electron chi connectivity index (χ3n) is 2.43. The van der Waals surface area contributed by atoms with E-state index in [1.807, 2.05) is 0 Å². The Bertz CT molecular complexity index is 535. The number of benzene rings is 1. The van der Waals surface area contributed by atoms with E-state index in [2.05, 4.69) is 4.74 Å². The van der Waals surface area contributed by atoms with Crippen LogP contribution in [0.1, 0.15) is 40.4 Å². The highest BCUT2D eigenvalue weighted by Gasteiger charge is 2.19. The predicted octanol–water partition coefficient (Wildman–Crippen LogP) is 2.41. The van der Waals surface area contributed by atoms with Gasteiger partial charge in [0.1, 0.15) is 0 Å². The van der Waals surface area contributed by atoms with Crippen LogP contribution in [0, 0.1) is 11.3 Å². The summed E-state index contributed by atoms with van der Waals surface area (Å²) in [7, 11) is 0. The van der Waals surface area contributed by atoms with E-state index in [-0.39, 0.29) is 29.7 Å². The van der Waals surface area contributed by atoms with Crippen molar-refractivity contribution in [2.75, 3.05) is 6.61 Å². The van der Waals surface area contributed by atoms with E-state index in [0.29, 0.717) is 6.29 Å². The van der Waals surface area contributed by atoms with Crippen LogP contribution in [0.4, 0.5) is 8.78 Å². The molecule has 0 aliphatic heterocycles. The van der Waals surface area contributed by atoms with Crippen molar-refractivity contribution in [2.24, 2.45) is 0 Å². The smallest absolute Gasteiger partial charge is 0.310 e. The largest absolute Gasteiger partial charge is 0.466 e. The van der Waals surface area contributed by atoms with Crippen LogP contribution < -0.4 is 0 Å². The lowest BCUT2D eigenvalue weighted by atomic mass is 9.97. The Hall–Kier alpha value is -2.29. The lowest BCUT2D eigenvalue weighted by Crippen LogP contribution is -2.10. The van der Waals surface area contributed by atoms with Crippen LogP contribution in [0.5, 0.6) is 0 Å². The van der Waals surface area contributed by atoms with Crippen molar-refractivity contribution in [3.8, 4) is 6.07 Å². The van der Waals surface area contributed by atoms with Crippen LogP contribution in [0.25, 0.3) is 0 Å². The predicted molar refractivity (Wildman–Crippen MR) is 61.8 cm³/mol. The summed E-state index contributed by atoms with van der Waals surface area (Å²) < 4.78 is 30.4. The summed E-state index contributed by atoms with van der Waals surface area (Å²) in [5, 5.41) is 8.77. The van der Waals surface area contributed by atoms with E-state index in [0.717, 1.165) is 12.1 Å². The van der Waals surface area contributed by atoms with Gasteiger partial charge in [-0.3, -0.25) is 9.59 Å². The minimum atomic E-state index is -2.84. The Morgan fingerprint density at radius 2 is 2.21 bits per heavy atom. The van der Waals surface area contributed by atoms with Crippen molar-refractivity contribution in [1.29, 1.82) is 5.26 Å². The molecule has 1 aromatic carbocycles. The van der Waals surface area contributed by atoms with E-state index < -0.39 is 18.0 Å². The summed E-state index contributed by atoms with van der Waals surface area (Å²) >= 11 is 0. The average molecular weight is 267 g/mol. The van der Waals surface area contributed by atoms with Gasteiger partial charge >= 0.3 is 5.97 Å². The number of carbonyl (C=O) groups excluding carboxylic acids is 2. The molecule has 6 heteroatoms. The first-order valence-electron chi connectivity index (χ1n) is 5.49. The second-order valence-electron chi connectivity index (χ2n) is 3.65. The standard InChI is InChI=1S/C13H11F2NO3/c1-2-19-12(18)5-8-3-10(7-17)9(6-16)4-11(8)13(14)15/h3-4,7,13H,2,5H2,1H3. The molecule has 0 spiro atoms. The highest BCUT2D eigenvalue weighted by Crippen LogP contribution is 2.26. The zero-order valence-corrected chi connectivity index (χ0v) is 10.2. The Morgan fingerprint density at radius 1 is 1.53 bits per heavy atom. The lowest BCUT2D eigenvalue weighted by Gasteiger charge is -2.10. The lowest BCUT2D eigenvalue weighted by molar-refractivity contribution is -0.142. The van der Waals surface area contributed by atoms with Gasteiger partial charge in [0.15, 0.2) is 6.29 Å². The number of halogens is 2. The zero-order chi connectivity index (χ0) is 14.4. The minimum Gasteiger partial charge on any atom is -0.466 e. The normalized spacial score (nSPS) is 10.1. The number of rotatable bonds is 5. The first-order chi connectivity index (χ1) is 9.03. The highest BCUT2D eigenvalue weighted by molar-refractivity contribution is 5.81. The SMILES string of the molecule is CCOC(=O)Cc1cc(C=O)c(C#N)cc1C(F)F. The number of esters is 1. The maximum Gasteiger partial charge on any atom is 0.310 e. The van der Waals surface area contributed by atoms with Crippen LogP contribution in [0.15, 0.2) is 12.1 Å². The van der Waals surface area contributed by atoms with Crippen molar-refractivity contribution in [3.63, 3.8) is 0 Å². The summed E-state index contributed by atoms with van der Waals surface area (Å²) in [4.78, 5) is 22.1. The summed E-state index contributed by atoms with van der Waals surface area (Å²) in [6, 6.07) is 3.73.